The fourth-order valence-corrected chi connectivity index (χ4v) is 2.32. The van der Waals surface area contributed by atoms with Crippen molar-refractivity contribution in [1.29, 1.82) is 0 Å². The lowest BCUT2D eigenvalue weighted by molar-refractivity contribution is -0.384. The van der Waals surface area contributed by atoms with Gasteiger partial charge in [-0.25, -0.2) is 0 Å². The summed E-state index contributed by atoms with van der Waals surface area (Å²) in [6.45, 7) is 0. The normalized spacial score (nSPS) is 15.9. The van der Waals surface area contributed by atoms with Gasteiger partial charge in [-0.15, -0.1) is 12.4 Å². The van der Waals surface area contributed by atoms with E-state index in [-0.39, 0.29) is 34.6 Å². The van der Waals surface area contributed by atoms with Crippen LogP contribution < -0.4 is 5.73 Å². The van der Waals surface area contributed by atoms with Crippen molar-refractivity contribution >= 4 is 29.7 Å². The first-order valence-corrected chi connectivity index (χ1v) is 6.45. The lowest BCUT2D eigenvalue weighted by Gasteiger charge is -2.34. The summed E-state index contributed by atoms with van der Waals surface area (Å²) >= 11 is 5.77. The lowest BCUT2D eigenvalue weighted by atomic mass is 9.77. The summed E-state index contributed by atoms with van der Waals surface area (Å²) in [5.74, 6) is 0.475. The summed E-state index contributed by atoms with van der Waals surface area (Å²) in [5, 5.41) is 15.2. The quantitative estimate of drug-likeness (QED) is 0.684. The maximum Gasteiger partial charge on any atom is 0.283 e. The van der Waals surface area contributed by atoms with Gasteiger partial charge in [0.1, 0.15) is 5.56 Å². The molecule has 1 heterocycles. The average molecular weight is 331 g/mol. The molecule has 7 nitrogen and oxygen atoms in total. The van der Waals surface area contributed by atoms with E-state index in [1.165, 1.54) is 18.2 Å². The molecule has 0 saturated heterocycles. The molecule has 1 saturated carbocycles. The lowest BCUT2D eigenvalue weighted by Crippen LogP contribution is -2.44. The van der Waals surface area contributed by atoms with Gasteiger partial charge in [-0.3, -0.25) is 10.1 Å². The predicted molar refractivity (Wildman–Crippen MR) is 78.4 cm³/mol. The maximum absolute atomic E-state index is 11.1. The Hall–Kier alpha value is -1.70. The maximum atomic E-state index is 11.1. The van der Waals surface area contributed by atoms with Crippen LogP contribution >= 0.6 is 24.0 Å². The summed E-state index contributed by atoms with van der Waals surface area (Å²) in [6.07, 6.45) is 2.59. The first-order valence-electron chi connectivity index (χ1n) is 6.07. The zero-order valence-electron chi connectivity index (χ0n) is 10.8. The molecular formula is C12H12Cl2N4O3. The highest BCUT2D eigenvalue weighted by molar-refractivity contribution is 6.30. The van der Waals surface area contributed by atoms with Crippen molar-refractivity contribution in [2.24, 2.45) is 5.73 Å². The molecule has 1 fully saturated rings. The number of nitro groups is 1. The Morgan fingerprint density at radius 2 is 2.14 bits per heavy atom. The largest absolute Gasteiger partial charge is 0.334 e. The van der Waals surface area contributed by atoms with Crippen molar-refractivity contribution in [2.75, 3.05) is 0 Å². The number of hydrogen-bond acceptors (Lipinski definition) is 6. The number of benzene rings is 1. The van der Waals surface area contributed by atoms with Crippen LogP contribution in [0.1, 0.15) is 25.1 Å². The first kappa shape index (κ1) is 15.7. The Labute approximate surface area is 131 Å². The fourth-order valence-electron chi connectivity index (χ4n) is 2.15. The standard InChI is InChI=1S/C12H11ClN4O3.ClH/c13-7-2-3-8(9(6-7)17(18)19)10-15-11(16-20-10)12(14)4-1-5-12;/h2-3,6H,1,4-5,14H2;1H. The van der Waals surface area contributed by atoms with Crippen molar-refractivity contribution < 1.29 is 9.45 Å². The number of aromatic nitrogens is 2. The van der Waals surface area contributed by atoms with E-state index in [2.05, 4.69) is 10.1 Å². The minimum atomic E-state index is -0.567. The minimum Gasteiger partial charge on any atom is -0.334 e. The number of halogens is 2. The molecule has 2 N–H and O–H groups in total. The number of hydrogen-bond donors (Lipinski definition) is 1. The van der Waals surface area contributed by atoms with E-state index in [0.717, 1.165) is 19.3 Å². The number of nitrogens with zero attached hydrogens (tertiary/aromatic N) is 3. The Kier molecular flexibility index (Phi) is 4.18. The van der Waals surface area contributed by atoms with Crippen LogP contribution in [-0.4, -0.2) is 15.1 Å². The van der Waals surface area contributed by atoms with Crippen molar-refractivity contribution in [3.63, 3.8) is 0 Å². The average Bonchev–Trinajstić information content (AvgIpc) is 2.85. The van der Waals surface area contributed by atoms with Gasteiger partial charge in [-0.05, 0) is 31.4 Å². The molecule has 112 valence electrons. The number of nitro benzene ring substituents is 1. The SMILES string of the molecule is Cl.NC1(c2noc(-c3ccc(Cl)cc3[N+](=O)[O-])n2)CCC1. The van der Waals surface area contributed by atoms with E-state index in [1.54, 1.807) is 0 Å². The fraction of sp³-hybridized carbons (Fsp3) is 0.333. The zero-order valence-corrected chi connectivity index (χ0v) is 12.4. The Morgan fingerprint density at radius 3 is 2.71 bits per heavy atom. The van der Waals surface area contributed by atoms with E-state index in [9.17, 15) is 10.1 Å². The van der Waals surface area contributed by atoms with Gasteiger partial charge in [-0.2, -0.15) is 4.98 Å². The molecule has 0 aliphatic heterocycles. The van der Waals surface area contributed by atoms with Gasteiger partial charge < -0.3 is 10.3 Å². The third kappa shape index (κ3) is 2.72. The van der Waals surface area contributed by atoms with Crippen molar-refractivity contribution in [2.45, 2.75) is 24.8 Å². The minimum absolute atomic E-state index is 0. The summed E-state index contributed by atoms with van der Waals surface area (Å²) in [5.41, 5.74) is 5.59. The zero-order chi connectivity index (χ0) is 14.3. The Balaban J connectivity index is 0.00000161. The molecule has 3 rings (SSSR count). The summed E-state index contributed by atoms with van der Waals surface area (Å²) < 4.78 is 5.11. The molecular weight excluding hydrogens is 319 g/mol. The molecule has 0 spiro atoms. The second-order valence-corrected chi connectivity index (χ2v) is 5.29. The van der Waals surface area contributed by atoms with Gasteiger partial charge in [0.2, 0.25) is 0 Å². The highest BCUT2D eigenvalue weighted by Crippen LogP contribution is 2.38. The topological polar surface area (TPSA) is 108 Å². The molecule has 9 heteroatoms. The highest BCUT2D eigenvalue weighted by atomic mass is 35.5. The Morgan fingerprint density at radius 1 is 1.43 bits per heavy atom. The van der Waals surface area contributed by atoms with Gasteiger partial charge in [0.15, 0.2) is 5.82 Å². The van der Waals surface area contributed by atoms with Gasteiger partial charge in [0.25, 0.3) is 11.6 Å². The van der Waals surface area contributed by atoms with Gasteiger partial charge in [0, 0.05) is 11.1 Å². The van der Waals surface area contributed by atoms with Crippen molar-refractivity contribution in [3.8, 4) is 11.5 Å². The van der Waals surface area contributed by atoms with Crippen molar-refractivity contribution in [3.05, 3.63) is 39.2 Å². The van der Waals surface area contributed by atoms with Crippen LogP contribution in [0.5, 0.6) is 0 Å². The van der Waals surface area contributed by atoms with E-state index in [0.29, 0.717) is 5.82 Å². The van der Waals surface area contributed by atoms with E-state index in [4.69, 9.17) is 21.9 Å². The van der Waals surface area contributed by atoms with Gasteiger partial charge >= 0.3 is 0 Å². The molecule has 2 aromatic rings. The van der Waals surface area contributed by atoms with Gasteiger partial charge in [-0.1, -0.05) is 16.8 Å². The van der Waals surface area contributed by atoms with Crippen LogP contribution in [0.15, 0.2) is 22.7 Å². The van der Waals surface area contributed by atoms with Crippen molar-refractivity contribution in [1.82, 2.24) is 10.1 Å². The Bertz CT molecular complexity index is 685. The number of nitrogens with two attached hydrogens (primary N) is 1. The predicted octanol–water partition coefficient (Wildman–Crippen LogP) is 3.06. The van der Waals surface area contributed by atoms with E-state index in [1.807, 2.05) is 0 Å². The van der Waals surface area contributed by atoms with E-state index < -0.39 is 10.5 Å². The van der Waals surface area contributed by atoms with Crippen LogP contribution in [0.2, 0.25) is 5.02 Å². The smallest absolute Gasteiger partial charge is 0.283 e. The molecule has 1 aliphatic rings. The molecule has 0 unspecified atom stereocenters. The summed E-state index contributed by atoms with van der Waals surface area (Å²) in [6, 6.07) is 4.28. The third-order valence-corrected chi connectivity index (χ3v) is 3.74. The summed E-state index contributed by atoms with van der Waals surface area (Å²) in [4.78, 5) is 14.7. The second-order valence-electron chi connectivity index (χ2n) is 4.85. The monoisotopic (exact) mass is 330 g/mol. The molecule has 1 aliphatic carbocycles. The van der Waals surface area contributed by atoms with Crippen LogP contribution in [-0.2, 0) is 5.54 Å². The van der Waals surface area contributed by atoms with Crippen LogP contribution in [0.25, 0.3) is 11.5 Å². The summed E-state index contributed by atoms with van der Waals surface area (Å²) in [7, 11) is 0. The van der Waals surface area contributed by atoms with Crippen LogP contribution in [0, 0.1) is 10.1 Å². The van der Waals surface area contributed by atoms with Crippen LogP contribution in [0.3, 0.4) is 0 Å². The molecule has 0 atom stereocenters. The molecule has 1 aromatic carbocycles. The molecule has 0 amide bonds. The van der Waals surface area contributed by atoms with Crippen LogP contribution in [0.4, 0.5) is 5.69 Å². The van der Waals surface area contributed by atoms with E-state index >= 15 is 0 Å². The second kappa shape index (κ2) is 5.59. The molecule has 1 aromatic heterocycles. The first-order chi connectivity index (χ1) is 9.49. The highest BCUT2D eigenvalue weighted by Gasteiger charge is 2.39. The number of rotatable bonds is 3. The third-order valence-electron chi connectivity index (χ3n) is 3.50. The molecule has 0 radical (unpaired) electrons. The molecule has 21 heavy (non-hydrogen) atoms. The molecule has 0 bridgehead atoms. The van der Waals surface area contributed by atoms with Gasteiger partial charge in [0.05, 0.1) is 10.5 Å².